The van der Waals surface area contributed by atoms with Crippen LogP contribution in [0, 0.1) is 6.92 Å². The number of amides is 1. The summed E-state index contributed by atoms with van der Waals surface area (Å²) in [7, 11) is -3.45. The SMILES string of the molecule is Cc1cnn(CC(=O)N2CCOCC2c2[nH]ncc2S(C)(=O)=O)c1. The monoisotopic (exact) mass is 353 g/mol. The summed E-state index contributed by atoms with van der Waals surface area (Å²) < 4.78 is 30.8. The van der Waals surface area contributed by atoms with Gasteiger partial charge in [-0.1, -0.05) is 0 Å². The van der Waals surface area contributed by atoms with Crippen LogP contribution in [0.2, 0.25) is 0 Å². The van der Waals surface area contributed by atoms with Gasteiger partial charge in [-0.2, -0.15) is 10.2 Å². The highest BCUT2D eigenvalue weighted by Gasteiger charge is 2.33. The van der Waals surface area contributed by atoms with Gasteiger partial charge < -0.3 is 9.64 Å². The van der Waals surface area contributed by atoms with Crippen LogP contribution in [0.5, 0.6) is 0 Å². The van der Waals surface area contributed by atoms with Crippen molar-refractivity contribution < 1.29 is 17.9 Å². The quantitative estimate of drug-likeness (QED) is 0.823. The van der Waals surface area contributed by atoms with Crippen LogP contribution in [0.25, 0.3) is 0 Å². The van der Waals surface area contributed by atoms with Crippen LogP contribution in [0.3, 0.4) is 0 Å². The molecule has 130 valence electrons. The van der Waals surface area contributed by atoms with Gasteiger partial charge in [-0.25, -0.2) is 8.42 Å². The number of nitrogens with one attached hydrogen (secondary N) is 1. The highest BCUT2D eigenvalue weighted by molar-refractivity contribution is 7.90. The zero-order chi connectivity index (χ0) is 17.3. The molecule has 0 radical (unpaired) electrons. The second kappa shape index (κ2) is 6.36. The van der Waals surface area contributed by atoms with E-state index in [1.165, 1.54) is 6.20 Å². The third-order valence-electron chi connectivity index (χ3n) is 3.87. The lowest BCUT2D eigenvalue weighted by Crippen LogP contribution is -2.45. The number of aromatic amines is 1. The van der Waals surface area contributed by atoms with Gasteiger partial charge in [-0.3, -0.25) is 14.6 Å². The summed E-state index contributed by atoms with van der Waals surface area (Å²) in [6.07, 6.45) is 5.84. The van der Waals surface area contributed by atoms with E-state index in [4.69, 9.17) is 4.74 Å². The van der Waals surface area contributed by atoms with Crippen LogP contribution in [0.1, 0.15) is 17.3 Å². The fourth-order valence-corrected chi connectivity index (χ4v) is 3.57. The lowest BCUT2D eigenvalue weighted by Gasteiger charge is -2.35. The highest BCUT2D eigenvalue weighted by atomic mass is 32.2. The molecular formula is C14H19N5O4S. The van der Waals surface area contributed by atoms with Crippen molar-refractivity contribution in [2.75, 3.05) is 26.0 Å². The van der Waals surface area contributed by atoms with Gasteiger partial charge in [0.25, 0.3) is 0 Å². The van der Waals surface area contributed by atoms with Crippen LogP contribution in [0.4, 0.5) is 0 Å². The van der Waals surface area contributed by atoms with Gasteiger partial charge in [0.2, 0.25) is 5.91 Å². The lowest BCUT2D eigenvalue weighted by molar-refractivity contribution is -0.141. The standard InChI is InChI=1S/C14H19N5O4S/c1-10-5-16-18(7-10)8-13(20)19-3-4-23-9-11(19)14-12(6-15-17-14)24(2,21)22/h5-7,11H,3-4,8-9H2,1-2H3,(H,15,17). The van der Waals surface area contributed by atoms with E-state index in [2.05, 4.69) is 15.3 Å². The van der Waals surface area contributed by atoms with E-state index in [1.807, 2.05) is 6.92 Å². The zero-order valence-corrected chi connectivity index (χ0v) is 14.3. The number of nitrogens with zero attached hydrogens (tertiary/aromatic N) is 4. The summed E-state index contributed by atoms with van der Waals surface area (Å²) >= 11 is 0. The van der Waals surface area contributed by atoms with Gasteiger partial charge in [-0.05, 0) is 12.5 Å². The Balaban J connectivity index is 1.86. The van der Waals surface area contributed by atoms with Crippen molar-refractivity contribution in [3.05, 3.63) is 29.8 Å². The Hall–Kier alpha value is -2.20. The van der Waals surface area contributed by atoms with Crippen molar-refractivity contribution in [2.24, 2.45) is 0 Å². The Bertz CT molecular complexity index is 841. The van der Waals surface area contributed by atoms with Gasteiger partial charge in [0, 0.05) is 19.0 Å². The first kappa shape index (κ1) is 16.7. The van der Waals surface area contributed by atoms with E-state index in [0.717, 1.165) is 11.8 Å². The number of ether oxygens (including phenoxy) is 1. The van der Waals surface area contributed by atoms with E-state index < -0.39 is 15.9 Å². The fourth-order valence-electron chi connectivity index (χ4n) is 2.74. The normalized spacial score (nSPS) is 18.8. The first-order valence-corrected chi connectivity index (χ1v) is 9.35. The fraction of sp³-hybridized carbons (Fsp3) is 0.500. The minimum atomic E-state index is -3.45. The zero-order valence-electron chi connectivity index (χ0n) is 13.5. The maximum Gasteiger partial charge on any atom is 0.245 e. The predicted octanol–water partition coefficient (Wildman–Crippen LogP) is -0.0818. The van der Waals surface area contributed by atoms with Crippen molar-refractivity contribution in [3.63, 3.8) is 0 Å². The average molecular weight is 353 g/mol. The second-order valence-electron chi connectivity index (χ2n) is 5.81. The van der Waals surface area contributed by atoms with E-state index in [1.54, 1.807) is 22.0 Å². The Morgan fingerprint density at radius 3 is 2.92 bits per heavy atom. The number of hydrogen-bond acceptors (Lipinski definition) is 6. The van der Waals surface area contributed by atoms with Gasteiger partial charge >= 0.3 is 0 Å². The van der Waals surface area contributed by atoms with Crippen molar-refractivity contribution in [3.8, 4) is 0 Å². The molecule has 0 saturated carbocycles. The van der Waals surface area contributed by atoms with Crippen LogP contribution in [-0.4, -0.2) is 65.2 Å². The Kier molecular flexibility index (Phi) is 4.41. The maximum atomic E-state index is 12.7. The van der Waals surface area contributed by atoms with Crippen LogP contribution >= 0.6 is 0 Å². The topological polar surface area (TPSA) is 110 Å². The second-order valence-corrected chi connectivity index (χ2v) is 7.80. The first-order valence-electron chi connectivity index (χ1n) is 7.46. The molecule has 10 heteroatoms. The molecule has 9 nitrogen and oxygen atoms in total. The largest absolute Gasteiger partial charge is 0.377 e. The minimum absolute atomic E-state index is 0.0886. The van der Waals surface area contributed by atoms with Crippen molar-refractivity contribution in [1.82, 2.24) is 24.9 Å². The van der Waals surface area contributed by atoms with E-state index in [9.17, 15) is 13.2 Å². The van der Waals surface area contributed by atoms with E-state index in [-0.39, 0.29) is 24.0 Å². The molecule has 2 aromatic rings. The van der Waals surface area contributed by atoms with Gasteiger partial charge in [-0.15, -0.1) is 0 Å². The number of carbonyl (C=O) groups excluding carboxylic acids is 1. The smallest absolute Gasteiger partial charge is 0.245 e. The minimum Gasteiger partial charge on any atom is -0.377 e. The molecule has 1 fully saturated rings. The van der Waals surface area contributed by atoms with Crippen molar-refractivity contribution in [1.29, 1.82) is 0 Å². The lowest BCUT2D eigenvalue weighted by atomic mass is 10.1. The summed E-state index contributed by atoms with van der Waals surface area (Å²) in [6, 6.07) is -0.518. The third kappa shape index (κ3) is 3.34. The number of H-pyrrole nitrogens is 1. The molecule has 0 bridgehead atoms. The summed E-state index contributed by atoms with van der Waals surface area (Å²) in [4.78, 5) is 14.4. The predicted molar refractivity (Wildman–Crippen MR) is 83.9 cm³/mol. The van der Waals surface area contributed by atoms with E-state index >= 15 is 0 Å². The number of carbonyl (C=O) groups is 1. The van der Waals surface area contributed by atoms with Gasteiger partial charge in [0.15, 0.2) is 9.84 Å². The molecule has 3 rings (SSSR count). The number of rotatable bonds is 4. The molecule has 1 amide bonds. The van der Waals surface area contributed by atoms with Crippen LogP contribution in [0.15, 0.2) is 23.5 Å². The number of morpholine rings is 1. The number of sulfone groups is 1. The van der Waals surface area contributed by atoms with Crippen LogP contribution in [-0.2, 0) is 25.9 Å². The summed E-state index contributed by atoms with van der Waals surface area (Å²) in [5.41, 5.74) is 1.34. The molecular weight excluding hydrogens is 334 g/mol. The average Bonchev–Trinajstić information content (AvgIpc) is 3.16. The van der Waals surface area contributed by atoms with Gasteiger partial charge in [0.05, 0.1) is 37.3 Å². The highest BCUT2D eigenvalue weighted by Crippen LogP contribution is 2.28. The molecule has 1 aliphatic heterocycles. The number of aromatic nitrogens is 4. The molecule has 0 spiro atoms. The number of aryl methyl sites for hydroxylation is 1. The first-order chi connectivity index (χ1) is 11.4. The van der Waals surface area contributed by atoms with Gasteiger partial charge in [0.1, 0.15) is 11.4 Å². The molecule has 1 atom stereocenters. The summed E-state index contributed by atoms with van der Waals surface area (Å²) in [5, 5.41) is 10.7. The molecule has 1 N–H and O–H groups in total. The van der Waals surface area contributed by atoms with Crippen molar-refractivity contribution >= 4 is 15.7 Å². The van der Waals surface area contributed by atoms with Crippen LogP contribution < -0.4 is 0 Å². The molecule has 1 unspecified atom stereocenters. The van der Waals surface area contributed by atoms with Crippen molar-refractivity contribution in [2.45, 2.75) is 24.4 Å². The Labute approximate surface area is 139 Å². The summed E-state index contributed by atoms with van der Waals surface area (Å²) in [5.74, 6) is -0.152. The molecule has 24 heavy (non-hydrogen) atoms. The number of hydrogen-bond donors (Lipinski definition) is 1. The maximum absolute atomic E-state index is 12.7. The Morgan fingerprint density at radius 2 is 2.25 bits per heavy atom. The molecule has 1 saturated heterocycles. The van der Waals surface area contributed by atoms with E-state index in [0.29, 0.717) is 18.8 Å². The molecule has 2 aromatic heterocycles. The molecule has 0 aliphatic carbocycles. The molecule has 3 heterocycles. The molecule has 1 aliphatic rings. The Morgan fingerprint density at radius 1 is 1.46 bits per heavy atom. The third-order valence-corrected chi connectivity index (χ3v) is 5.00. The summed E-state index contributed by atoms with van der Waals surface area (Å²) in [6.45, 7) is 2.99. The molecule has 0 aromatic carbocycles.